The van der Waals surface area contributed by atoms with Gasteiger partial charge < -0.3 is 20.3 Å². The molecular weight excluding hydrogens is 230 g/mol. The maximum absolute atomic E-state index is 9.84. The molecule has 0 fully saturated rings. The van der Waals surface area contributed by atoms with Gasteiger partial charge in [0.25, 0.3) is 0 Å². The molecule has 0 aliphatic heterocycles. The summed E-state index contributed by atoms with van der Waals surface area (Å²) in [6.07, 6.45) is -1.82. The molecule has 2 unspecified atom stereocenters. The van der Waals surface area contributed by atoms with Gasteiger partial charge in [-0.25, -0.2) is 0 Å². The van der Waals surface area contributed by atoms with Crippen LogP contribution in [0.25, 0.3) is 0 Å². The van der Waals surface area contributed by atoms with Gasteiger partial charge >= 0.3 is 0 Å². The molecule has 3 N–H and O–H groups in total. The number of aliphatic hydroxyl groups excluding tert-OH is 2. The van der Waals surface area contributed by atoms with E-state index in [0.717, 1.165) is 0 Å². The molecule has 0 aliphatic carbocycles. The van der Waals surface area contributed by atoms with E-state index in [1.165, 1.54) is 7.11 Å². The van der Waals surface area contributed by atoms with Gasteiger partial charge in [0, 0.05) is 6.54 Å². The van der Waals surface area contributed by atoms with Crippen LogP contribution in [0.15, 0.2) is 18.2 Å². The van der Waals surface area contributed by atoms with E-state index in [4.69, 9.17) is 16.3 Å². The number of rotatable bonds is 5. The van der Waals surface area contributed by atoms with Crippen LogP contribution in [0.3, 0.4) is 0 Å². The monoisotopic (exact) mass is 245 g/mol. The van der Waals surface area contributed by atoms with Crippen molar-refractivity contribution in [2.24, 2.45) is 0 Å². The second-order valence-electron chi connectivity index (χ2n) is 3.46. The van der Waals surface area contributed by atoms with Gasteiger partial charge in [0.2, 0.25) is 0 Å². The summed E-state index contributed by atoms with van der Waals surface area (Å²) >= 11 is 5.86. The van der Waals surface area contributed by atoms with E-state index in [1.54, 1.807) is 25.2 Å². The number of likely N-dealkylation sites (N-methyl/N-ethyl adjacent to an activating group) is 1. The lowest BCUT2D eigenvalue weighted by molar-refractivity contribution is 0.0201. The topological polar surface area (TPSA) is 61.7 Å². The Labute approximate surface area is 99.8 Å². The third kappa shape index (κ3) is 3.09. The van der Waals surface area contributed by atoms with Gasteiger partial charge in [-0.05, 0) is 24.7 Å². The highest BCUT2D eigenvalue weighted by Crippen LogP contribution is 2.28. The molecule has 0 saturated heterocycles. The molecule has 90 valence electrons. The van der Waals surface area contributed by atoms with E-state index in [1.807, 2.05) is 0 Å². The fraction of sp³-hybridized carbons (Fsp3) is 0.455. The molecule has 0 bridgehead atoms. The smallest absolute Gasteiger partial charge is 0.137 e. The van der Waals surface area contributed by atoms with Crippen molar-refractivity contribution < 1.29 is 14.9 Å². The van der Waals surface area contributed by atoms with Crippen LogP contribution in [-0.2, 0) is 0 Å². The molecule has 0 saturated carbocycles. The molecule has 4 nitrogen and oxygen atoms in total. The summed E-state index contributed by atoms with van der Waals surface area (Å²) in [6, 6.07) is 4.91. The number of ether oxygens (including phenoxy) is 1. The molecule has 0 heterocycles. The van der Waals surface area contributed by atoms with Crippen molar-refractivity contribution in [2.75, 3.05) is 20.7 Å². The van der Waals surface area contributed by atoms with Crippen LogP contribution in [0.4, 0.5) is 0 Å². The summed E-state index contributed by atoms with van der Waals surface area (Å²) in [7, 11) is 3.21. The first kappa shape index (κ1) is 13.3. The summed E-state index contributed by atoms with van der Waals surface area (Å²) < 4.78 is 5.04. The van der Waals surface area contributed by atoms with Crippen LogP contribution < -0.4 is 10.1 Å². The lowest BCUT2D eigenvalue weighted by Gasteiger charge is -2.18. The molecule has 1 rings (SSSR count). The number of hydrogen-bond donors (Lipinski definition) is 3. The van der Waals surface area contributed by atoms with Gasteiger partial charge in [0.05, 0.1) is 18.2 Å². The minimum Gasteiger partial charge on any atom is -0.495 e. The Kier molecular flexibility index (Phi) is 5.02. The van der Waals surface area contributed by atoms with Gasteiger partial charge in [-0.2, -0.15) is 0 Å². The lowest BCUT2D eigenvalue weighted by Crippen LogP contribution is -2.29. The maximum atomic E-state index is 9.84. The van der Waals surface area contributed by atoms with Crippen molar-refractivity contribution in [3.8, 4) is 5.75 Å². The van der Waals surface area contributed by atoms with Crippen LogP contribution in [0.2, 0.25) is 5.02 Å². The Morgan fingerprint density at radius 3 is 2.69 bits per heavy atom. The van der Waals surface area contributed by atoms with E-state index in [9.17, 15) is 10.2 Å². The van der Waals surface area contributed by atoms with Gasteiger partial charge in [-0.3, -0.25) is 0 Å². The zero-order chi connectivity index (χ0) is 12.1. The Morgan fingerprint density at radius 2 is 2.12 bits per heavy atom. The summed E-state index contributed by atoms with van der Waals surface area (Å²) in [5.41, 5.74) is 0.573. The Balaban J connectivity index is 2.87. The van der Waals surface area contributed by atoms with Crippen LogP contribution in [0.5, 0.6) is 5.75 Å². The average Bonchev–Trinajstić information content (AvgIpc) is 2.29. The maximum Gasteiger partial charge on any atom is 0.137 e. The van der Waals surface area contributed by atoms with Crippen LogP contribution >= 0.6 is 11.6 Å². The van der Waals surface area contributed by atoms with Crippen molar-refractivity contribution in [1.82, 2.24) is 5.32 Å². The molecule has 2 atom stereocenters. The largest absolute Gasteiger partial charge is 0.495 e. The highest BCUT2D eigenvalue weighted by Gasteiger charge is 2.18. The summed E-state index contributed by atoms with van der Waals surface area (Å²) in [4.78, 5) is 0. The molecule has 0 aromatic heterocycles. The lowest BCUT2D eigenvalue weighted by atomic mass is 10.0. The highest BCUT2D eigenvalue weighted by molar-refractivity contribution is 6.32. The number of halogens is 1. The van der Waals surface area contributed by atoms with Gasteiger partial charge in [0.1, 0.15) is 11.9 Å². The summed E-state index contributed by atoms with van der Waals surface area (Å²) in [5, 5.41) is 22.7. The van der Waals surface area contributed by atoms with Crippen LogP contribution in [0, 0.1) is 0 Å². The molecule has 5 heteroatoms. The zero-order valence-electron chi connectivity index (χ0n) is 9.27. The number of aliphatic hydroxyl groups is 2. The number of hydrogen-bond acceptors (Lipinski definition) is 4. The predicted molar refractivity (Wildman–Crippen MR) is 62.9 cm³/mol. The third-order valence-corrected chi connectivity index (χ3v) is 2.61. The van der Waals surface area contributed by atoms with Crippen molar-refractivity contribution in [3.63, 3.8) is 0 Å². The number of methoxy groups -OCH3 is 1. The van der Waals surface area contributed by atoms with E-state index in [-0.39, 0.29) is 0 Å². The highest BCUT2D eigenvalue weighted by atomic mass is 35.5. The van der Waals surface area contributed by atoms with Crippen molar-refractivity contribution in [2.45, 2.75) is 12.2 Å². The van der Waals surface area contributed by atoms with Crippen molar-refractivity contribution in [3.05, 3.63) is 28.8 Å². The molecule has 0 aliphatic rings. The Morgan fingerprint density at radius 1 is 1.44 bits per heavy atom. The SMILES string of the molecule is CNCC(O)C(O)c1ccc(Cl)c(OC)c1. The average molecular weight is 246 g/mol. The van der Waals surface area contributed by atoms with Crippen LogP contribution in [-0.4, -0.2) is 37.0 Å². The molecular formula is C11H16ClNO3. The Hall–Kier alpha value is -0.810. The summed E-state index contributed by atoms with van der Waals surface area (Å²) in [5.74, 6) is 0.481. The normalized spacial score (nSPS) is 14.6. The van der Waals surface area contributed by atoms with E-state index in [2.05, 4.69) is 5.32 Å². The summed E-state index contributed by atoms with van der Waals surface area (Å²) in [6.45, 7) is 0.312. The zero-order valence-corrected chi connectivity index (χ0v) is 10.0. The van der Waals surface area contributed by atoms with E-state index < -0.39 is 12.2 Å². The molecule has 1 aromatic rings. The molecule has 1 aromatic carbocycles. The number of nitrogens with one attached hydrogen (secondary N) is 1. The van der Waals surface area contributed by atoms with Gasteiger partial charge in [-0.15, -0.1) is 0 Å². The molecule has 0 radical (unpaired) electrons. The van der Waals surface area contributed by atoms with Crippen molar-refractivity contribution >= 4 is 11.6 Å². The third-order valence-electron chi connectivity index (χ3n) is 2.29. The van der Waals surface area contributed by atoms with Crippen molar-refractivity contribution in [1.29, 1.82) is 0 Å². The van der Waals surface area contributed by atoms with Gasteiger partial charge in [0.15, 0.2) is 0 Å². The van der Waals surface area contributed by atoms with Crippen LogP contribution in [0.1, 0.15) is 11.7 Å². The first-order valence-corrected chi connectivity index (χ1v) is 5.32. The molecule has 0 amide bonds. The fourth-order valence-electron chi connectivity index (χ4n) is 1.40. The number of benzene rings is 1. The second kappa shape index (κ2) is 6.06. The first-order chi connectivity index (χ1) is 7.60. The fourth-order valence-corrected chi connectivity index (χ4v) is 1.60. The van der Waals surface area contributed by atoms with E-state index >= 15 is 0 Å². The standard InChI is InChI=1S/C11H16ClNO3/c1-13-6-9(14)11(15)7-3-4-8(12)10(5-7)16-2/h3-5,9,11,13-15H,6H2,1-2H3. The first-order valence-electron chi connectivity index (χ1n) is 4.94. The minimum atomic E-state index is -0.960. The molecule has 0 spiro atoms. The Bertz CT molecular complexity index is 346. The second-order valence-corrected chi connectivity index (χ2v) is 3.87. The predicted octanol–water partition coefficient (Wildman–Crippen LogP) is 0.962. The quantitative estimate of drug-likeness (QED) is 0.723. The van der Waals surface area contributed by atoms with E-state index in [0.29, 0.717) is 22.9 Å². The van der Waals surface area contributed by atoms with Gasteiger partial charge in [-0.1, -0.05) is 17.7 Å². The molecule has 16 heavy (non-hydrogen) atoms. The minimum absolute atomic E-state index is 0.312.